The molecule has 0 saturated carbocycles. The molecule has 12 heteroatoms. The predicted molar refractivity (Wildman–Crippen MR) is 120 cm³/mol. The second-order valence-electron chi connectivity index (χ2n) is 6.60. The summed E-state index contributed by atoms with van der Waals surface area (Å²) in [6, 6.07) is 8.62. The highest BCUT2D eigenvalue weighted by atomic mass is 35.5. The lowest BCUT2D eigenvalue weighted by Gasteiger charge is -2.16. The highest BCUT2D eigenvalue weighted by molar-refractivity contribution is 7.92. The third-order valence-electron chi connectivity index (χ3n) is 4.39. The first-order chi connectivity index (χ1) is 14.4. The summed E-state index contributed by atoms with van der Waals surface area (Å²) in [6.45, 7) is 3.42. The van der Waals surface area contributed by atoms with Gasteiger partial charge in [0.2, 0.25) is 10.0 Å². The van der Waals surface area contributed by atoms with Gasteiger partial charge in [0.05, 0.1) is 23.6 Å². The van der Waals surface area contributed by atoms with Crippen LogP contribution >= 0.6 is 11.6 Å². The van der Waals surface area contributed by atoms with E-state index in [1.807, 2.05) is 0 Å². The average molecular weight is 490 g/mol. The maximum atomic E-state index is 12.8. The number of anilines is 2. The van der Waals surface area contributed by atoms with Crippen LogP contribution in [0.4, 0.5) is 11.4 Å². The van der Waals surface area contributed by atoms with Crippen LogP contribution in [0, 0.1) is 6.92 Å². The van der Waals surface area contributed by atoms with Crippen molar-refractivity contribution in [1.82, 2.24) is 4.47 Å². The lowest BCUT2D eigenvalue weighted by molar-refractivity contribution is -0.0258. The van der Waals surface area contributed by atoms with E-state index in [9.17, 15) is 21.6 Å². The molecule has 0 heterocycles. The number of carbonyl (C=O) groups is 1. The molecule has 2 rings (SSSR count). The van der Waals surface area contributed by atoms with Crippen molar-refractivity contribution in [3.63, 3.8) is 0 Å². The Morgan fingerprint density at radius 1 is 1.13 bits per heavy atom. The van der Waals surface area contributed by atoms with Crippen molar-refractivity contribution in [2.24, 2.45) is 0 Å². The van der Waals surface area contributed by atoms with Crippen molar-refractivity contribution in [3.8, 4) is 0 Å². The van der Waals surface area contributed by atoms with Gasteiger partial charge in [-0.05, 0) is 49.2 Å². The molecule has 9 nitrogen and oxygen atoms in total. The Hall–Kier alpha value is -2.18. The number of hydrogen-bond acceptors (Lipinski definition) is 6. The number of benzene rings is 2. The minimum absolute atomic E-state index is 0.0268. The fraction of sp³-hybridized carbons (Fsp3) is 0.316. The number of nitrogens with one attached hydrogen (secondary N) is 2. The summed E-state index contributed by atoms with van der Waals surface area (Å²) in [7, 11) is -5.18. The number of hydrogen-bond donors (Lipinski definition) is 2. The molecule has 0 aromatic heterocycles. The molecule has 0 fully saturated rings. The van der Waals surface area contributed by atoms with E-state index >= 15 is 0 Å². The van der Waals surface area contributed by atoms with E-state index < -0.39 is 26.0 Å². The summed E-state index contributed by atoms with van der Waals surface area (Å²) in [5.74, 6) is -0.620. The van der Waals surface area contributed by atoms with Gasteiger partial charge in [0, 0.05) is 18.3 Å². The molecule has 1 amide bonds. The summed E-state index contributed by atoms with van der Waals surface area (Å²) < 4.78 is 52.3. The van der Waals surface area contributed by atoms with E-state index in [-0.39, 0.29) is 21.2 Å². The van der Waals surface area contributed by atoms with Gasteiger partial charge in [0.25, 0.3) is 15.9 Å². The summed E-state index contributed by atoms with van der Waals surface area (Å²) in [5, 5.41) is 2.60. The third kappa shape index (κ3) is 5.95. The molecule has 0 aliphatic heterocycles. The molecule has 0 spiro atoms. The average Bonchev–Trinajstić information content (AvgIpc) is 2.70. The van der Waals surface area contributed by atoms with Gasteiger partial charge in [-0.3, -0.25) is 14.4 Å². The summed E-state index contributed by atoms with van der Waals surface area (Å²) in [5.41, 5.74) is 1.27. The molecule has 31 heavy (non-hydrogen) atoms. The molecule has 0 aliphatic carbocycles. The molecule has 2 N–H and O–H groups in total. The van der Waals surface area contributed by atoms with Gasteiger partial charge in [-0.25, -0.2) is 16.8 Å². The van der Waals surface area contributed by atoms with E-state index in [2.05, 4.69) is 10.0 Å². The number of carbonyl (C=O) groups excluding carboxylic acids is 1. The van der Waals surface area contributed by atoms with Crippen LogP contribution in [0.5, 0.6) is 0 Å². The van der Waals surface area contributed by atoms with Crippen molar-refractivity contribution in [2.75, 3.05) is 29.9 Å². The molecule has 0 saturated heterocycles. The molecule has 170 valence electrons. The van der Waals surface area contributed by atoms with Gasteiger partial charge in [-0.1, -0.05) is 29.1 Å². The van der Waals surface area contributed by atoms with Gasteiger partial charge in [0.1, 0.15) is 4.90 Å². The Morgan fingerprint density at radius 3 is 2.39 bits per heavy atom. The van der Waals surface area contributed by atoms with Crippen LogP contribution in [0.3, 0.4) is 0 Å². The largest absolute Gasteiger partial charge is 0.322 e. The third-order valence-corrected chi connectivity index (χ3v) is 8.03. The van der Waals surface area contributed by atoms with Crippen molar-refractivity contribution in [1.29, 1.82) is 0 Å². The normalized spacial score (nSPS) is 12.1. The fourth-order valence-corrected chi connectivity index (χ4v) is 5.31. The smallest absolute Gasteiger partial charge is 0.266 e. The zero-order valence-electron chi connectivity index (χ0n) is 17.5. The van der Waals surface area contributed by atoms with Crippen LogP contribution in [-0.4, -0.2) is 47.1 Å². The van der Waals surface area contributed by atoms with Gasteiger partial charge < -0.3 is 5.32 Å². The fourth-order valence-electron chi connectivity index (χ4n) is 2.64. The van der Waals surface area contributed by atoms with Crippen LogP contribution in [0.15, 0.2) is 41.3 Å². The van der Waals surface area contributed by atoms with Crippen LogP contribution in [-0.2, 0) is 24.9 Å². The molecule has 0 radical (unpaired) electrons. The van der Waals surface area contributed by atoms with Crippen molar-refractivity contribution < 1.29 is 26.5 Å². The molecule has 2 aromatic rings. The van der Waals surface area contributed by atoms with Crippen LogP contribution in [0.2, 0.25) is 5.02 Å². The minimum Gasteiger partial charge on any atom is -0.322 e. The second-order valence-corrected chi connectivity index (χ2v) is 10.7. The summed E-state index contributed by atoms with van der Waals surface area (Å²) in [4.78, 5) is 17.2. The Labute approximate surface area is 187 Å². The van der Waals surface area contributed by atoms with E-state index in [1.54, 1.807) is 32.0 Å². The number of halogens is 1. The van der Waals surface area contributed by atoms with Gasteiger partial charge in [-0.15, -0.1) is 0 Å². The molecule has 0 aliphatic rings. The van der Waals surface area contributed by atoms with E-state index in [1.165, 1.54) is 26.3 Å². The van der Waals surface area contributed by atoms with Crippen LogP contribution in [0.25, 0.3) is 0 Å². The SMILES string of the molecule is CCCS(=O)(=O)Nc1cccc(NC(=O)c2ccc(Cl)c(S(=O)(=O)N(C)OC)c2)c1C. The number of hydroxylamine groups is 1. The molecule has 0 unspecified atom stereocenters. The molecule has 0 bridgehead atoms. The van der Waals surface area contributed by atoms with Gasteiger partial charge >= 0.3 is 0 Å². The maximum absolute atomic E-state index is 12.8. The Morgan fingerprint density at radius 2 is 1.77 bits per heavy atom. The van der Waals surface area contributed by atoms with Gasteiger partial charge in [-0.2, -0.15) is 0 Å². The first kappa shape index (κ1) is 25.1. The van der Waals surface area contributed by atoms with Gasteiger partial charge in [0.15, 0.2) is 0 Å². The molecule has 2 aromatic carbocycles. The van der Waals surface area contributed by atoms with E-state index in [4.69, 9.17) is 16.4 Å². The molecule has 0 atom stereocenters. The first-order valence-corrected chi connectivity index (χ1v) is 12.6. The monoisotopic (exact) mass is 489 g/mol. The molecular weight excluding hydrogens is 466 g/mol. The zero-order valence-corrected chi connectivity index (χ0v) is 19.9. The zero-order chi connectivity index (χ0) is 23.4. The Balaban J connectivity index is 2.35. The lowest BCUT2D eigenvalue weighted by atomic mass is 10.1. The van der Waals surface area contributed by atoms with Crippen molar-refractivity contribution in [3.05, 3.63) is 52.5 Å². The number of sulfonamides is 2. The topological polar surface area (TPSA) is 122 Å². The number of nitrogens with zero attached hydrogens (tertiary/aromatic N) is 1. The van der Waals surface area contributed by atoms with E-state index in [0.717, 1.165) is 6.07 Å². The van der Waals surface area contributed by atoms with Crippen molar-refractivity contribution in [2.45, 2.75) is 25.2 Å². The summed E-state index contributed by atoms with van der Waals surface area (Å²) in [6.07, 6.45) is 0.463. The van der Waals surface area contributed by atoms with Crippen molar-refractivity contribution >= 4 is 48.9 Å². The first-order valence-electron chi connectivity index (χ1n) is 9.17. The number of rotatable bonds is 9. The quantitative estimate of drug-likeness (QED) is 0.521. The lowest BCUT2D eigenvalue weighted by Crippen LogP contribution is -2.26. The minimum atomic E-state index is -4.07. The number of amides is 1. The van der Waals surface area contributed by atoms with E-state index in [0.29, 0.717) is 27.8 Å². The van der Waals surface area contributed by atoms with Crippen LogP contribution in [0.1, 0.15) is 29.3 Å². The predicted octanol–water partition coefficient (Wildman–Crippen LogP) is 3.23. The standard InChI is InChI=1S/C19H24ClN3O6S2/c1-5-11-30(25,26)22-17-8-6-7-16(13(17)2)21-19(24)14-9-10-15(20)18(12-14)31(27,28)23(3)29-4/h6-10,12,22H,5,11H2,1-4H3,(H,21,24). The Bertz CT molecular complexity index is 1180. The highest BCUT2D eigenvalue weighted by Gasteiger charge is 2.25. The maximum Gasteiger partial charge on any atom is 0.266 e. The Kier molecular flexibility index (Phi) is 8.06. The summed E-state index contributed by atoms with van der Waals surface area (Å²) >= 11 is 6.02. The second kappa shape index (κ2) is 9.96. The molecular formula is C19H24ClN3O6S2. The highest BCUT2D eigenvalue weighted by Crippen LogP contribution is 2.28. The van der Waals surface area contributed by atoms with Crippen LogP contribution < -0.4 is 10.0 Å².